The van der Waals surface area contributed by atoms with Crippen molar-refractivity contribution in [3.8, 4) is 5.75 Å². The fraction of sp³-hybridized carbons (Fsp3) is 0.647. The highest BCUT2D eigenvalue weighted by atomic mass is 35.5. The molecule has 1 N–H and O–H groups in total. The molecule has 0 bridgehead atoms. The number of hydrogen-bond donors (Lipinski definition) is 1. The van der Waals surface area contributed by atoms with Crippen LogP contribution in [0.25, 0.3) is 0 Å². The van der Waals surface area contributed by atoms with Crippen molar-refractivity contribution in [2.75, 3.05) is 19.7 Å². The molecule has 0 aromatic heterocycles. The highest BCUT2D eigenvalue weighted by molar-refractivity contribution is 6.32. The van der Waals surface area contributed by atoms with Gasteiger partial charge in [0.25, 0.3) is 0 Å². The van der Waals surface area contributed by atoms with E-state index in [0.29, 0.717) is 17.7 Å². The van der Waals surface area contributed by atoms with Gasteiger partial charge in [-0.25, -0.2) is 0 Å². The molecule has 1 saturated heterocycles. The summed E-state index contributed by atoms with van der Waals surface area (Å²) in [5, 5.41) is 10.5. The smallest absolute Gasteiger partial charge is 0.138 e. The van der Waals surface area contributed by atoms with Crippen molar-refractivity contribution < 1.29 is 9.84 Å². The van der Waals surface area contributed by atoms with Gasteiger partial charge in [-0.3, -0.25) is 4.90 Å². The van der Waals surface area contributed by atoms with Crippen LogP contribution in [0.4, 0.5) is 0 Å². The first kappa shape index (κ1) is 15.1. The van der Waals surface area contributed by atoms with Crippen molar-refractivity contribution in [2.45, 2.75) is 44.8 Å². The summed E-state index contributed by atoms with van der Waals surface area (Å²) in [6.07, 6.45) is 4.33. The zero-order valence-electron chi connectivity index (χ0n) is 12.6. The number of nitrogens with zero attached hydrogens (tertiary/aromatic N) is 1. The third-order valence-corrected chi connectivity index (χ3v) is 4.93. The number of aryl methyl sites for hydroxylation is 1. The SMILES string of the molecule is Cc1ccc(Cl)c(OCCN2CC[C@@H](O)C[C@@H]2C2CC2)c1. The number of aliphatic hydroxyl groups excluding tert-OH is 1. The molecule has 0 radical (unpaired) electrons. The lowest BCUT2D eigenvalue weighted by atomic mass is 9.96. The Hall–Kier alpha value is -0.770. The van der Waals surface area contributed by atoms with Crippen molar-refractivity contribution >= 4 is 11.6 Å². The molecule has 1 aliphatic carbocycles. The Morgan fingerprint density at radius 1 is 1.33 bits per heavy atom. The summed E-state index contributed by atoms with van der Waals surface area (Å²) < 4.78 is 5.86. The molecule has 0 unspecified atom stereocenters. The van der Waals surface area contributed by atoms with Crippen LogP contribution in [0.2, 0.25) is 5.02 Å². The fourth-order valence-corrected chi connectivity index (χ4v) is 3.44. The van der Waals surface area contributed by atoms with Crippen molar-refractivity contribution in [1.82, 2.24) is 4.90 Å². The lowest BCUT2D eigenvalue weighted by molar-refractivity contribution is 0.0262. The summed E-state index contributed by atoms with van der Waals surface area (Å²) in [5.41, 5.74) is 1.16. The molecule has 0 spiro atoms. The van der Waals surface area contributed by atoms with E-state index in [1.165, 1.54) is 12.8 Å². The van der Waals surface area contributed by atoms with Crippen LogP contribution in [0.5, 0.6) is 5.75 Å². The van der Waals surface area contributed by atoms with Crippen molar-refractivity contribution in [3.63, 3.8) is 0 Å². The largest absolute Gasteiger partial charge is 0.491 e. The minimum Gasteiger partial charge on any atom is -0.491 e. The van der Waals surface area contributed by atoms with Crippen molar-refractivity contribution in [3.05, 3.63) is 28.8 Å². The molecule has 116 valence electrons. The molecule has 2 aliphatic rings. The number of piperidine rings is 1. The molecule has 2 fully saturated rings. The fourth-order valence-electron chi connectivity index (χ4n) is 3.27. The monoisotopic (exact) mass is 309 g/mol. The highest BCUT2D eigenvalue weighted by Gasteiger charge is 2.38. The number of likely N-dealkylation sites (tertiary alicyclic amines) is 1. The molecule has 1 saturated carbocycles. The van der Waals surface area contributed by atoms with E-state index in [0.717, 1.165) is 43.2 Å². The first-order valence-corrected chi connectivity index (χ1v) is 8.32. The minimum atomic E-state index is -0.112. The molecule has 21 heavy (non-hydrogen) atoms. The van der Waals surface area contributed by atoms with Gasteiger partial charge in [0.1, 0.15) is 12.4 Å². The van der Waals surface area contributed by atoms with E-state index in [9.17, 15) is 5.11 Å². The topological polar surface area (TPSA) is 32.7 Å². The lowest BCUT2D eigenvalue weighted by Gasteiger charge is -2.38. The van der Waals surface area contributed by atoms with Gasteiger partial charge in [-0.05, 0) is 56.2 Å². The summed E-state index contributed by atoms with van der Waals surface area (Å²) in [7, 11) is 0. The van der Waals surface area contributed by atoms with Crippen LogP contribution in [0.3, 0.4) is 0 Å². The van der Waals surface area contributed by atoms with E-state index in [2.05, 4.69) is 4.90 Å². The summed E-state index contributed by atoms with van der Waals surface area (Å²) in [6.45, 7) is 4.59. The van der Waals surface area contributed by atoms with Crippen LogP contribution in [0.15, 0.2) is 18.2 Å². The van der Waals surface area contributed by atoms with Crippen LogP contribution in [-0.2, 0) is 0 Å². The minimum absolute atomic E-state index is 0.112. The lowest BCUT2D eigenvalue weighted by Crippen LogP contribution is -2.47. The maximum atomic E-state index is 9.87. The molecule has 1 aliphatic heterocycles. The van der Waals surface area contributed by atoms with Gasteiger partial charge in [0.15, 0.2) is 0 Å². The Morgan fingerprint density at radius 3 is 2.90 bits per heavy atom. The summed E-state index contributed by atoms with van der Waals surface area (Å²) >= 11 is 6.15. The number of benzene rings is 1. The van der Waals surface area contributed by atoms with Gasteiger partial charge in [0.05, 0.1) is 11.1 Å². The molecular formula is C17H24ClNO2. The molecule has 0 amide bonds. The normalized spacial score (nSPS) is 26.8. The Morgan fingerprint density at radius 2 is 2.14 bits per heavy atom. The average molecular weight is 310 g/mol. The van der Waals surface area contributed by atoms with E-state index >= 15 is 0 Å². The number of halogens is 1. The molecule has 1 aromatic carbocycles. The molecule has 3 nitrogen and oxygen atoms in total. The van der Waals surface area contributed by atoms with Crippen LogP contribution in [-0.4, -0.2) is 41.8 Å². The van der Waals surface area contributed by atoms with E-state index in [1.54, 1.807) is 0 Å². The first-order chi connectivity index (χ1) is 10.1. The Kier molecular flexibility index (Phi) is 4.72. The second-order valence-corrected chi connectivity index (χ2v) is 6.81. The Balaban J connectivity index is 1.53. The van der Waals surface area contributed by atoms with Gasteiger partial charge in [0, 0.05) is 19.1 Å². The van der Waals surface area contributed by atoms with Gasteiger partial charge >= 0.3 is 0 Å². The van der Waals surface area contributed by atoms with E-state index < -0.39 is 0 Å². The van der Waals surface area contributed by atoms with Gasteiger partial charge in [-0.2, -0.15) is 0 Å². The molecule has 2 atom stereocenters. The van der Waals surface area contributed by atoms with Crippen molar-refractivity contribution in [1.29, 1.82) is 0 Å². The summed E-state index contributed by atoms with van der Waals surface area (Å²) in [6, 6.07) is 6.41. The second-order valence-electron chi connectivity index (χ2n) is 6.40. The Bertz CT molecular complexity index is 490. The van der Waals surface area contributed by atoms with Crippen LogP contribution < -0.4 is 4.74 Å². The predicted octanol–water partition coefficient (Wildman–Crippen LogP) is 3.26. The third-order valence-electron chi connectivity index (χ3n) is 4.62. The maximum Gasteiger partial charge on any atom is 0.138 e. The van der Waals surface area contributed by atoms with Crippen LogP contribution in [0.1, 0.15) is 31.2 Å². The van der Waals surface area contributed by atoms with Crippen LogP contribution >= 0.6 is 11.6 Å². The number of aliphatic hydroxyl groups is 1. The summed E-state index contributed by atoms with van der Waals surface area (Å²) in [4.78, 5) is 2.49. The zero-order valence-corrected chi connectivity index (χ0v) is 13.4. The van der Waals surface area contributed by atoms with Gasteiger partial charge in [-0.1, -0.05) is 17.7 Å². The van der Waals surface area contributed by atoms with Crippen molar-refractivity contribution in [2.24, 2.45) is 5.92 Å². The van der Waals surface area contributed by atoms with Gasteiger partial charge < -0.3 is 9.84 Å². The molecule has 1 aromatic rings. The summed E-state index contributed by atoms with van der Waals surface area (Å²) in [5.74, 6) is 1.57. The van der Waals surface area contributed by atoms with Gasteiger partial charge in [-0.15, -0.1) is 0 Å². The third kappa shape index (κ3) is 3.91. The molecular weight excluding hydrogens is 286 g/mol. The number of ether oxygens (including phenoxy) is 1. The zero-order chi connectivity index (χ0) is 14.8. The van der Waals surface area contributed by atoms with E-state index in [-0.39, 0.29) is 6.10 Å². The predicted molar refractivity (Wildman–Crippen MR) is 85.0 cm³/mol. The molecule has 1 heterocycles. The molecule has 4 heteroatoms. The standard InChI is InChI=1S/C17H24ClNO2/c1-12-2-5-15(18)17(10-12)21-9-8-19-7-6-14(20)11-16(19)13-3-4-13/h2,5,10,13-14,16,20H,3-4,6-9,11H2,1H3/t14-,16-/m1/s1. The number of hydrogen-bond acceptors (Lipinski definition) is 3. The molecule has 3 rings (SSSR count). The quantitative estimate of drug-likeness (QED) is 0.906. The van der Waals surface area contributed by atoms with Gasteiger partial charge in [0.2, 0.25) is 0 Å². The van der Waals surface area contributed by atoms with E-state index in [4.69, 9.17) is 16.3 Å². The number of rotatable bonds is 5. The first-order valence-electron chi connectivity index (χ1n) is 7.94. The Labute approximate surface area is 131 Å². The maximum absolute atomic E-state index is 9.87. The van der Waals surface area contributed by atoms with Crippen LogP contribution in [0, 0.1) is 12.8 Å². The van der Waals surface area contributed by atoms with E-state index in [1.807, 2.05) is 25.1 Å². The highest BCUT2D eigenvalue weighted by Crippen LogP contribution is 2.39. The second kappa shape index (κ2) is 6.55. The average Bonchev–Trinajstić information content (AvgIpc) is 3.28.